The van der Waals surface area contributed by atoms with E-state index in [0.717, 1.165) is 50.1 Å². The molecule has 0 saturated carbocycles. The Morgan fingerprint density at radius 1 is 0.289 bits per heavy atom. The van der Waals surface area contributed by atoms with Crippen molar-refractivity contribution in [1.29, 1.82) is 0 Å². The molecule has 0 radical (unpaired) electrons. The van der Waals surface area contributed by atoms with Crippen LogP contribution in [0.25, 0.3) is 105 Å². The molecule has 0 fully saturated rings. The van der Waals surface area contributed by atoms with Crippen molar-refractivity contribution in [2.45, 2.75) is 10.8 Å². The van der Waals surface area contributed by atoms with Crippen LogP contribution in [0.5, 0.6) is 0 Å². The molecule has 384 valence electrons. The first kappa shape index (κ1) is 45.0. The van der Waals surface area contributed by atoms with Gasteiger partial charge in [-0.15, -0.1) is 0 Å². The van der Waals surface area contributed by atoms with Crippen LogP contribution in [0.15, 0.2) is 296 Å². The smallest absolute Gasteiger partial charge is 0.135 e. The van der Waals surface area contributed by atoms with Crippen LogP contribution in [-0.4, -0.2) is 4.57 Å². The molecule has 0 saturated heterocycles. The Bertz CT molecular complexity index is 5240. The molecular weight excluding hydrogens is 1000 g/mol. The molecule has 3 aliphatic carbocycles. The maximum atomic E-state index is 6.26. The van der Waals surface area contributed by atoms with E-state index in [2.05, 4.69) is 289 Å². The third-order valence-electron chi connectivity index (χ3n) is 19.2. The Morgan fingerprint density at radius 2 is 0.759 bits per heavy atom. The largest absolute Gasteiger partial charge is 0.456 e. The number of anilines is 3. The summed E-state index contributed by atoms with van der Waals surface area (Å²) in [6, 6.07) is 109. The van der Waals surface area contributed by atoms with Crippen molar-refractivity contribution in [1.82, 2.24) is 4.57 Å². The minimum absolute atomic E-state index is 0.479. The van der Waals surface area contributed by atoms with Crippen molar-refractivity contribution in [3.63, 3.8) is 0 Å². The Kier molecular flexibility index (Phi) is 8.92. The summed E-state index contributed by atoms with van der Waals surface area (Å²) in [5, 5.41) is 4.82. The molecule has 1 unspecified atom stereocenters. The highest BCUT2D eigenvalue weighted by atomic mass is 16.3. The summed E-state index contributed by atoms with van der Waals surface area (Å²) in [7, 11) is 0. The van der Waals surface area contributed by atoms with Crippen LogP contribution in [0.3, 0.4) is 0 Å². The Hall–Kier alpha value is -10.7. The molecule has 2 spiro atoms. The minimum Gasteiger partial charge on any atom is -0.456 e. The number of hydrogen-bond donors (Lipinski definition) is 0. The van der Waals surface area contributed by atoms with E-state index in [1.165, 1.54) is 117 Å². The van der Waals surface area contributed by atoms with E-state index in [1.54, 1.807) is 0 Å². The lowest BCUT2D eigenvalue weighted by molar-refractivity contribution is 0.669. The van der Waals surface area contributed by atoms with E-state index < -0.39 is 10.8 Å². The highest BCUT2D eigenvalue weighted by Gasteiger charge is 2.53. The molecule has 2 aromatic heterocycles. The zero-order chi connectivity index (χ0) is 54.1. The van der Waals surface area contributed by atoms with Gasteiger partial charge >= 0.3 is 0 Å². The highest BCUT2D eigenvalue weighted by molar-refractivity contribution is 6.13. The zero-order valence-corrected chi connectivity index (χ0v) is 45.0. The fourth-order valence-electron chi connectivity index (χ4n) is 16.1. The summed E-state index contributed by atoms with van der Waals surface area (Å²) < 4.78 is 8.79. The second-order valence-electron chi connectivity index (χ2n) is 22.9. The molecule has 4 aliphatic rings. The van der Waals surface area contributed by atoms with Gasteiger partial charge in [0, 0.05) is 38.5 Å². The normalized spacial score (nSPS) is 15.1. The van der Waals surface area contributed by atoms with Crippen molar-refractivity contribution in [3.05, 3.63) is 336 Å². The zero-order valence-electron chi connectivity index (χ0n) is 45.0. The van der Waals surface area contributed by atoms with Crippen LogP contribution in [0.4, 0.5) is 17.1 Å². The van der Waals surface area contributed by atoms with Crippen LogP contribution in [0.2, 0.25) is 0 Å². The van der Waals surface area contributed by atoms with Crippen LogP contribution >= 0.6 is 0 Å². The predicted molar refractivity (Wildman–Crippen MR) is 341 cm³/mol. The van der Waals surface area contributed by atoms with Gasteiger partial charge in [-0.05, 0) is 155 Å². The third kappa shape index (κ3) is 5.68. The fourth-order valence-corrected chi connectivity index (χ4v) is 16.1. The second kappa shape index (κ2) is 16.4. The topological polar surface area (TPSA) is 21.3 Å². The van der Waals surface area contributed by atoms with E-state index in [-0.39, 0.29) is 0 Å². The van der Waals surface area contributed by atoms with Crippen LogP contribution < -0.4 is 4.90 Å². The lowest BCUT2D eigenvalue weighted by Crippen LogP contribution is -2.33. The average Bonchev–Trinajstić information content (AvgIpc) is 1.81. The summed E-state index contributed by atoms with van der Waals surface area (Å²) in [6.45, 7) is 0. The first-order chi connectivity index (χ1) is 41.2. The van der Waals surface area contributed by atoms with Crippen LogP contribution in [0.1, 0.15) is 44.5 Å². The number of benzene rings is 13. The number of furan rings is 1. The van der Waals surface area contributed by atoms with Crippen molar-refractivity contribution in [3.8, 4) is 61.3 Å². The summed E-state index contributed by atoms with van der Waals surface area (Å²) in [5.41, 5.74) is 30.8. The van der Waals surface area contributed by atoms with E-state index >= 15 is 0 Å². The van der Waals surface area contributed by atoms with Crippen molar-refractivity contribution >= 4 is 60.8 Å². The lowest BCUT2D eigenvalue weighted by Gasteiger charge is -2.39. The molecule has 3 nitrogen and oxygen atoms in total. The average molecular weight is 1050 g/mol. The minimum atomic E-state index is -0.537. The van der Waals surface area contributed by atoms with Gasteiger partial charge in [-0.1, -0.05) is 231 Å². The summed E-state index contributed by atoms with van der Waals surface area (Å²) in [6.07, 6.45) is 0. The Labute approximate surface area is 479 Å². The molecule has 1 atom stereocenters. The number of aromatic nitrogens is 1. The Balaban J connectivity index is 0.807. The number of para-hydroxylation sites is 4. The molecule has 0 bridgehead atoms. The molecule has 0 amide bonds. The number of nitrogens with zero attached hydrogens (tertiary/aromatic N) is 2. The van der Waals surface area contributed by atoms with Gasteiger partial charge in [-0.2, -0.15) is 0 Å². The number of hydrogen-bond acceptors (Lipinski definition) is 2. The van der Waals surface area contributed by atoms with E-state index in [1.807, 2.05) is 12.1 Å². The first-order valence-corrected chi connectivity index (χ1v) is 28.9. The molecule has 3 heterocycles. The molecular formula is C80H48N2O. The maximum Gasteiger partial charge on any atom is 0.135 e. The van der Waals surface area contributed by atoms with E-state index in [0.29, 0.717) is 0 Å². The van der Waals surface area contributed by atoms with E-state index in [9.17, 15) is 0 Å². The molecule has 15 aromatic rings. The fraction of sp³-hybridized carbons (Fsp3) is 0.0250. The highest BCUT2D eigenvalue weighted by Crippen LogP contribution is 2.66. The van der Waals surface area contributed by atoms with Crippen LogP contribution in [0, 0.1) is 0 Å². The van der Waals surface area contributed by atoms with Crippen molar-refractivity contribution in [2.75, 3.05) is 4.90 Å². The SMILES string of the molecule is c1ccc2c(c1)-c1ccccc1C21c2ccccc2-c2c(N(c3ccc(-c4ccc5oc6ccccc6c5c4)cc3)c3ccc(-c4cccc5c4-c4ccccc4C54c5ccccc5-n5c6ccccc6c6cccc4c65)cc3)cccc21. The van der Waals surface area contributed by atoms with Gasteiger partial charge in [-0.25, -0.2) is 0 Å². The lowest BCUT2D eigenvalue weighted by atomic mass is 9.65. The third-order valence-corrected chi connectivity index (χ3v) is 19.2. The Morgan fingerprint density at radius 3 is 1.48 bits per heavy atom. The van der Waals surface area contributed by atoms with Gasteiger partial charge in [0.2, 0.25) is 0 Å². The van der Waals surface area contributed by atoms with Gasteiger partial charge in [0.25, 0.3) is 0 Å². The van der Waals surface area contributed by atoms with Crippen LogP contribution in [-0.2, 0) is 10.8 Å². The van der Waals surface area contributed by atoms with Crippen molar-refractivity contribution in [2.24, 2.45) is 0 Å². The molecule has 3 heteroatoms. The molecule has 1 aliphatic heterocycles. The molecule has 83 heavy (non-hydrogen) atoms. The maximum absolute atomic E-state index is 6.26. The van der Waals surface area contributed by atoms with Gasteiger partial charge < -0.3 is 13.9 Å². The number of rotatable bonds is 5. The van der Waals surface area contributed by atoms with E-state index in [4.69, 9.17) is 4.42 Å². The molecule has 13 aromatic carbocycles. The van der Waals surface area contributed by atoms with Gasteiger partial charge in [0.1, 0.15) is 11.2 Å². The van der Waals surface area contributed by atoms with Crippen molar-refractivity contribution < 1.29 is 4.42 Å². The quantitative estimate of drug-likeness (QED) is 0.171. The number of fused-ring (bicyclic) bond motifs is 25. The first-order valence-electron chi connectivity index (χ1n) is 28.9. The monoisotopic (exact) mass is 1050 g/mol. The van der Waals surface area contributed by atoms with Gasteiger partial charge in [-0.3, -0.25) is 0 Å². The summed E-state index contributed by atoms with van der Waals surface area (Å²) in [4.78, 5) is 2.50. The second-order valence-corrected chi connectivity index (χ2v) is 22.9. The standard InChI is InChI=1S/C80H48N2O/c1-7-26-63-55(18-1)56-19-2-8-27-64(56)79(63)66-29-10-4-23-61(66)77-69(79)32-17-36-73(77)81(52-43-38-49(39-44-52)51-42-47-75-62(48-51)58-21-6-14-37-74(58)83-75)53-45-40-50(41-46-53)54-24-15-31-68-76(54)60-22-3-9-28-65(60)80(68)67-30-11-13-35-72(67)82-71-34-12-5-20-57(71)59-25-16-33-70(80)78(59)82/h1-48H. The molecule has 19 rings (SSSR count). The summed E-state index contributed by atoms with van der Waals surface area (Å²) >= 11 is 0. The molecule has 0 N–H and O–H groups in total. The van der Waals surface area contributed by atoms with Gasteiger partial charge in [0.05, 0.1) is 33.2 Å². The van der Waals surface area contributed by atoms with Gasteiger partial charge in [0.15, 0.2) is 0 Å². The summed E-state index contributed by atoms with van der Waals surface area (Å²) in [5.74, 6) is 0. The predicted octanol–water partition coefficient (Wildman–Crippen LogP) is 20.5.